The molecule has 0 saturated carbocycles. The fourth-order valence-electron chi connectivity index (χ4n) is 0.473. The van der Waals surface area contributed by atoms with E-state index in [0.717, 1.165) is 6.54 Å². The van der Waals surface area contributed by atoms with Crippen molar-refractivity contribution in [1.29, 1.82) is 0 Å². The van der Waals surface area contributed by atoms with Gasteiger partial charge in [0.25, 0.3) is 0 Å². The van der Waals surface area contributed by atoms with Gasteiger partial charge in [0.1, 0.15) is 0 Å². The van der Waals surface area contributed by atoms with Crippen LogP contribution in [0.15, 0.2) is 12.2 Å². The Balaban J connectivity index is 3.32. The van der Waals surface area contributed by atoms with Crippen LogP contribution in [0, 0.1) is 0 Å². The lowest BCUT2D eigenvalue weighted by Crippen LogP contribution is -2.28. The Labute approximate surface area is 73.1 Å². The molecule has 0 rings (SSSR count). The molecule has 0 aromatic heterocycles. The quantitative estimate of drug-likeness (QED) is 0.365. The average molecular weight is 172 g/mol. The van der Waals surface area contributed by atoms with Gasteiger partial charge in [-0.2, -0.15) is 5.48 Å². The van der Waals surface area contributed by atoms with Crippen LogP contribution in [-0.4, -0.2) is 38.1 Å². The molecule has 0 radical (unpaired) electrons. The second-order valence-electron chi connectivity index (χ2n) is 2.87. The molecule has 0 fully saturated rings. The van der Waals surface area contributed by atoms with Crippen molar-refractivity contribution in [2.75, 3.05) is 27.2 Å². The fraction of sp³-hybridized carbons (Fsp3) is 0.625. The molecule has 0 amide bonds. The summed E-state index contributed by atoms with van der Waals surface area (Å²) in [4.78, 5) is 17.4. The molecule has 0 bridgehead atoms. The molecular weight excluding hydrogens is 156 g/mol. The summed E-state index contributed by atoms with van der Waals surface area (Å²) in [5.41, 5.74) is 2.94. The third-order valence-electron chi connectivity index (χ3n) is 1.17. The van der Waals surface area contributed by atoms with Crippen LogP contribution in [0.5, 0.6) is 0 Å². The number of rotatable bonds is 5. The van der Waals surface area contributed by atoms with Crippen molar-refractivity contribution in [1.82, 2.24) is 10.4 Å². The summed E-state index contributed by atoms with van der Waals surface area (Å²) in [5, 5.41) is 0. The van der Waals surface area contributed by atoms with E-state index in [-0.39, 0.29) is 0 Å². The van der Waals surface area contributed by atoms with Crippen molar-refractivity contribution in [3.8, 4) is 0 Å². The first-order valence-electron chi connectivity index (χ1n) is 3.78. The Morgan fingerprint density at radius 1 is 1.58 bits per heavy atom. The fourth-order valence-corrected chi connectivity index (χ4v) is 0.473. The highest BCUT2D eigenvalue weighted by molar-refractivity contribution is 5.86. The number of likely N-dealkylation sites (N-methyl/N-ethyl adjacent to an activating group) is 1. The third kappa shape index (κ3) is 5.88. The van der Waals surface area contributed by atoms with Crippen LogP contribution in [-0.2, 0) is 9.63 Å². The molecule has 12 heavy (non-hydrogen) atoms. The smallest absolute Gasteiger partial charge is 0.351 e. The molecule has 0 aromatic rings. The van der Waals surface area contributed by atoms with E-state index >= 15 is 0 Å². The Bertz CT molecular complexity index is 166. The first-order valence-corrected chi connectivity index (χ1v) is 3.78. The van der Waals surface area contributed by atoms with Crippen LogP contribution in [0.3, 0.4) is 0 Å². The minimum Gasteiger partial charge on any atom is -0.367 e. The molecule has 70 valence electrons. The number of carbonyl (C=O) groups excluding carboxylic acids is 1. The molecule has 0 aliphatic rings. The van der Waals surface area contributed by atoms with E-state index in [1.807, 2.05) is 19.0 Å². The number of hydrogen-bond acceptors (Lipinski definition) is 4. The average Bonchev–Trinajstić information content (AvgIpc) is 1.97. The van der Waals surface area contributed by atoms with E-state index in [9.17, 15) is 4.79 Å². The number of hydroxylamine groups is 1. The van der Waals surface area contributed by atoms with Gasteiger partial charge in [0, 0.05) is 18.7 Å². The standard InChI is InChI=1S/C8H16N2O2/c1-7(2)8(11)12-9-5-6-10(3)4/h9H,1,5-6H2,2-4H3. The predicted molar refractivity (Wildman–Crippen MR) is 47.5 cm³/mol. The number of carbonyl (C=O) groups is 1. The lowest BCUT2D eigenvalue weighted by atomic mass is 10.4. The SMILES string of the molecule is C=C(C)C(=O)ONCCN(C)C. The summed E-state index contributed by atoms with van der Waals surface area (Å²) in [6.45, 7) is 6.49. The number of hydrogen-bond donors (Lipinski definition) is 1. The predicted octanol–water partition coefficient (Wildman–Crippen LogP) is 0.172. The lowest BCUT2D eigenvalue weighted by Gasteiger charge is -2.09. The van der Waals surface area contributed by atoms with Crippen molar-refractivity contribution >= 4 is 5.97 Å². The third-order valence-corrected chi connectivity index (χ3v) is 1.17. The largest absolute Gasteiger partial charge is 0.367 e. The van der Waals surface area contributed by atoms with Gasteiger partial charge in [-0.15, -0.1) is 0 Å². The molecular formula is C8H16N2O2. The van der Waals surface area contributed by atoms with Gasteiger partial charge < -0.3 is 9.74 Å². The van der Waals surface area contributed by atoms with Gasteiger partial charge in [0.2, 0.25) is 0 Å². The summed E-state index contributed by atoms with van der Waals surface area (Å²) in [7, 11) is 3.89. The highest BCUT2D eigenvalue weighted by atomic mass is 16.7. The van der Waals surface area contributed by atoms with Crippen molar-refractivity contribution in [2.24, 2.45) is 0 Å². The molecule has 4 heteroatoms. The maximum Gasteiger partial charge on any atom is 0.351 e. The van der Waals surface area contributed by atoms with E-state index < -0.39 is 5.97 Å². The van der Waals surface area contributed by atoms with Crippen molar-refractivity contribution in [2.45, 2.75) is 6.92 Å². The minimum atomic E-state index is -0.409. The maximum absolute atomic E-state index is 10.8. The molecule has 1 N–H and O–H groups in total. The van der Waals surface area contributed by atoms with E-state index in [1.165, 1.54) is 0 Å². The van der Waals surface area contributed by atoms with Crippen LogP contribution < -0.4 is 5.48 Å². The van der Waals surface area contributed by atoms with Gasteiger partial charge in [-0.3, -0.25) is 0 Å². The molecule has 0 atom stereocenters. The van der Waals surface area contributed by atoms with Gasteiger partial charge in [-0.05, 0) is 21.0 Å². The molecule has 0 aliphatic heterocycles. The second-order valence-corrected chi connectivity index (χ2v) is 2.87. The molecule has 0 heterocycles. The normalized spacial score (nSPS) is 10.0. The van der Waals surface area contributed by atoms with Crippen molar-refractivity contribution in [3.05, 3.63) is 12.2 Å². The van der Waals surface area contributed by atoms with Gasteiger partial charge in [-0.25, -0.2) is 4.79 Å². The first kappa shape index (κ1) is 11.1. The zero-order chi connectivity index (χ0) is 9.56. The van der Waals surface area contributed by atoms with Crippen LogP contribution in [0.2, 0.25) is 0 Å². The van der Waals surface area contributed by atoms with Crippen LogP contribution >= 0.6 is 0 Å². The summed E-state index contributed by atoms with van der Waals surface area (Å²) in [6, 6.07) is 0. The summed E-state index contributed by atoms with van der Waals surface area (Å²) < 4.78 is 0. The molecule has 0 unspecified atom stereocenters. The van der Waals surface area contributed by atoms with Crippen molar-refractivity contribution in [3.63, 3.8) is 0 Å². The summed E-state index contributed by atoms with van der Waals surface area (Å²) >= 11 is 0. The Morgan fingerprint density at radius 3 is 2.58 bits per heavy atom. The first-order chi connectivity index (χ1) is 5.54. The van der Waals surface area contributed by atoms with E-state index in [4.69, 9.17) is 0 Å². The van der Waals surface area contributed by atoms with Crippen LogP contribution in [0.4, 0.5) is 0 Å². The summed E-state index contributed by atoms with van der Waals surface area (Å²) in [5.74, 6) is -0.409. The zero-order valence-electron chi connectivity index (χ0n) is 7.89. The zero-order valence-corrected chi connectivity index (χ0v) is 7.89. The van der Waals surface area contributed by atoms with Gasteiger partial charge in [0.15, 0.2) is 0 Å². The Hall–Kier alpha value is -0.870. The topological polar surface area (TPSA) is 41.6 Å². The Morgan fingerprint density at radius 2 is 2.17 bits per heavy atom. The molecule has 0 aliphatic carbocycles. The number of nitrogens with one attached hydrogen (secondary N) is 1. The van der Waals surface area contributed by atoms with E-state index in [1.54, 1.807) is 6.92 Å². The molecule has 0 spiro atoms. The minimum absolute atomic E-state index is 0.396. The Kier molecular flexibility index (Phi) is 5.32. The second kappa shape index (κ2) is 5.74. The van der Waals surface area contributed by atoms with E-state index in [0.29, 0.717) is 12.1 Å². The lowest BCUT2D eigenvalue weighted by molar-refractivity contribution is -0.146. The highest BCUT2D eigenvalue weighted by Gasteiger charge is 2.01. The van der Waals surface area contributed by atoms with Crippen LogP contribution in [0.25, 0.3) is 0 Å². The van der Waals surface area contributed by atoms with Gasteiger partial charge in [0.05, 0.1) is 0 Å². The molecule has 4 nitrogen and oxygen atoms in total. The molecule has 0 aromatic carbocycles. The monoisotopic (exact) mass is 172 g/mol. The number of nitrogens with zero attached hydrogens (tertiary/aromatic N) is 1. The van der Waals surface area contributed by atoms with Crippen molar-refractivity contribution < 1.29 is 9.63 Å². The maximum atomic E-state index is 10.8. The molecule has 0 saturated heterocycles. The van der Waals surface area contributed by atoms with Gasteiger partial charge >= 0.3 is 5.97 Å². The van der Waals surface area contributed by atoms with E-state index in [2.05, 4.69) is 16.9 Å². The highest BCUT2D eigenvalue weighted by Crippen LogP contribution is 1.88. The summed E-state index contributed by atoms with van der Waals surface area (Å²) in [6.07, 6.45) is 0. The van der Waals surface area contributed by atoms with Gasteiger partial charge in [-0.1, -0.05) is 6.58 Å². The van der Waals surface area contributed by atoms with Crippen LogP contribution in [0.1, 0.15) is 6.92 Å².